The van der Waals surface area contributed by atoms with Crippen LogP contribution < -0.4 is 0 Å². The van der Waals surface area contributed by atoms with Gasteiger partial charge in [0.25, 0.3) is 0 Å². The number of allylic oxidation sites excluding steroid dienone is 2. The second-order valence-corrected chi connectivity index (χ2v) is 7.88. The highest BCUT2D eigenvalue weighted by molar-refractivity contribution is 6.02. The van der Waals surface area contributed by atoms with Crippen molar-refractivity contribution in [3.8, 4) is 5.75 Å². The third kappa shape index (κ3) is 7.85. The molecule has 2 heterocycles. The Bertz CT molecular complexity index is 768. The summed E-state index contributed by atoms with van der Waals surface area (Å²) in [6.07, 6.45) is 4.68. The number of phenols is 1. The fourth-order valence-electron chi connectivity index (χ4n) is 3.60. The molecule has 0 bridgehead atoms. The van der Waals surface area contributed by atoms with E-state index in [-0.39, 0.29) is 18.1 Å². The highest BCUT2D eigenvalue weighted by Gasteiger charge is 2.25. The Hall–Kier alpha value is -2.06. The van der Waals surface area contributed by atoms with Gasteiger partial charge in [-0.2, -0.15) is 0 Å². The maximum Gasteiger partial charge on any atom is 0.192 e. The topological polar surface area (TPSA) is 85.3 Å². The van der Waals surface area contributed by atoms with Crippen molar-refractivity contribution in [1.82, 2.24) is 4.90 Å². The molecule has 1 aromatic carbocycles. The number of benzene rings is 1. The molecule has 31 heavy (non-hydrogen) atoms. The molecule has 0 saturated carbocycles. The van der Waals surface area contributed by atoms with Gasteiger partial charge in [0.05, 0.1) is 32.0 Å². The largest absolute Gasteiger partial charge is 0.507 e. The molecule has 0 unspecified atom stereocenters. The first-order chi connectivity index (χ1) is 15.0. The van der Waals surface area contributed by atoms with E-state index in [4.69, 9.17) is 14.2 Å². The Morgan fingerprint density at radius 3 is 2.68 bits per heavy atom. The quantitative estimate of drug-likeness (QED) is 0.498. The molecule has 7 heteroatoms. The predicted octanol–water partition coefficient (Wildman–Crippen LogP) is 2.85. The molecular formula is C24H35NO6. The van der Waals surface area contributed by atoms with Crippen molar-refractivity contribution >= 4 is 12.1 Å². The molecule has 2 aliphatic heterocycles. The molecule has 1 aromatic rings. The molecule has 0 aliphatic carbocycles. The second-order valence-electron chi connectivity index (χ2n) is 7.88. The summed E-state index contributed by atoms with van der Waals surface area (Å²) in [5.74, 6) is -0.0938. The van der Waals surface area contributed by atoms with Crippen LogP contribution >= 0.6 is 0 Å². The van der Waals surface area contributed by atoms with Crippen LogP contribution in [0, 0.1) is 6.92 Å². The zero-order valence-corrected chi connectivity index (χ0v) is 18.9. The predicted molar refractivity (Wildman–Crippen MR) is 119 cm³/mol. The van der Waals surface area contributed by atoms with Crippen LogP contribution in [0.3, 0.4) is 0 Å². The maximum atomic E-state index is 12.0. The number of fused-ring (bicyclic) bond motifs is 1. The average molecular weight is 434 g/mol. The van der Waals surface area contributed by atoms with E-state index in [9.17, 15) is 14.7 Å². The first-order valence-corrected chi connectivity index (χ1v) is 10.8. The number of nitrogens with zero attached hydrogens (tertiary/aromatic N) is 1. The molecule has 1 saturated heterocycles. The van der Waals surface area contributed by atoms with Gasteiger partial charge in [0.15, 0.2) is 5.78 Å². The van der Waals surface area contributed by atoms with Crippen LogP contribution in [0.4, 0.5) is 0 Å². The standard InChI is InChI=1S/C17H20O4.C7H15NO2/c1-11(4-3-7-18)5-6-13-8-12(2)14-9-21-10-15(19)16(14)17(13)20;1-9-5-2-8-3-6-10-7-4-8/h5,7-8,20H,3-4,6,9-10H2,1-2H3;2-7H2,1H3/b11-5+;. The summed E-state index contributed by atoms with van der Waals surface area (Å²) in [7, 11) is 1.74. The fourth-order valence-corrected chi connectivity index (χ4v) is 3.60. The number of phenolic OH excluding ortho intramolecular Hbond substituents is 1. The molecule has 1 N–H and O–H groups in total. The smallest absolute Gasteiger partial charge is 0.192 e. The van der Waals surface area contributed by atoms with E-state index in [2.05, 4.69) is 4.90 Å². The van der Waals surface area contributed by atoms with E-state index >= 15 is 0 Å². The van der Waals surface area contributed by atoms with Gasteiger partial charge in [0.2, 0.25) is 0 Å². The highest BCUT2D eigenvalue weighted by Crippen LogP contribution is 2.33. The van der Waals surface area contributed by atoms with E-state index in [1.54, 1.807) is 7.11 Å². The number of rotatable bonds is 8. The van der Waals surface area contributed by atoms with Gasteiger partial charge >= 0.3 is 0 Å². The number of aromatic hydroxyl groups is 1. The lowest BCUT2D eigenvalue weighted by atomic mass is 9.92. The summed E-state index contributed by atoms with van der Waals surface area (Å²) in [6, 6.07) is 1.90. The van der Waals surface area contributed by atoms with Crippen molar-refractivity contribution in [2.75, 3.05) is 53.2 Å². The van der Waals surface area contributed by atoms with Gasteiger partial charge in [-0.1, -0.05) is 17.7 Å². The van der Waals surface area contributed by atoms with Crippen LogP contribution in [0.2, 0.25) is 0 Å². The van der Waals surface area contributed by atoms with Crippen molar-refractivity contribution in [1.29, 1.82) is 0 Å². The second kappa shape index (κ2) is 13.4. The van der Waals surface area contributed by atoms with Crippen LogP contribution in [0.15, 0.2) is 17.7 Å². The molecule has 0 amide bonds. The summed E-state index contributed by atoms with van der Waals surface area (Å²) in [5.41, 5.74) is 4.01. The third-order valence-corrected chi connectivity index (χ3v) is 5.51. The van der Waals surface area contributed by atoms with E-state index in [0.29, 0.717) is 25.0 Å². The van der Waals surface area contributed by atoms with E-state index in [1.165, 1.54) is 0 Å². The highest BCUT2D eigenvalue weighted by atomic mass is 16.5. The summed E-state index contributed by atoms with van der Waals surface area (Å²) in [6.45, 7) is 10.0. The van der Waals surface area contributed by atoms with Gasteiger partial charge in [0, 0.05) is 33.2 Å². The van der Waals surface area contributed by atoms with E-state index < -0.39 is 0 Å². The van der Waals surface area contributed by atoms with Gasteiger partial charge in [-0.3, -0.25) is 9.69 Å². The Balaban J connectivity index is 0.000000285. The van der Waals surface area contributed by atoms with Crippen molar-refractivity contribution in [2.24, 2.45) is 0 Å². The monoisotopic (exact) mass is 433 g/mol. The summed E-state index contributed by atoms with van der Waals surface area (Å²) in [5, 5.41) is 10.4. The molecular weight excluding hydrogens is 398 g/mol. The average Bonchev–Trinajstić information content (AvgIpc) is 2.78. The Morgan fingerprint density at radius 2 is 2.00 bits per heavy atom. The minimum atomic E-state index is -0.166. The third-order valence-electron chi connectivity index (χ3n) is 5.51. The van der Waals surface area contributed by atoms with Crippen LogP contribution in [0.5, 0.6) is 5.75 Å². The summed E-state index contributed by atoms with van der Waals surface area (Å²) < 4.78 is 15.4. The number of carbonyl (C=O) groups is 2. The Labute approximate surface area is 185 Å². The lowest BCUT2D eigenvalue weighted by Gasteiger charge is -2.25. The molecule has 172 valence electrons. The van der Waals surface area contributed by atoms with Crippen LogP contribution in [0.25, 0.3) is 0 Å². The maximum absolute atomic E-state index is 12.0. The van der Waals surface area contributed by atoms with E-state index in [0.717, 1.165) is 74.4 Å². The molecule has 2 aliphatic rings. The Morgan fingerprint density at radius 1 is 1.26 bits per heavy atom. The zero-order valence-electron chi connectivity index (χ0n) is 18.9. The van der Waals surface area contributed by atoms with Crippen molar-refractivity contribution in [3.63, 3.8) is 0 Å². The SMILES string of the molecule is C/C(=C\Cc1cc(C)c2c(c1O)C(=O)COC2)CCC=O.COCCN1CCOCC1. The number of hydrogen-bond acceptors (Lipinski definition) is 7. The zero-order chi connectivity index (χ0) is 22.6. The van der Waals surface area contributed by atoms with Crippen molar-refractivity contribution < 1.29 is 28.9 Å². The number of morpholine rings is 1. The van der Waals surface area contributed by atoms with E-state index in [1.807, 2.05) is 26.0 Å². The van der Waals surface area contributed by atoms with Crippen molar-refractivity contribution in [3.05, 3.63) is 40.0 Å². The minimum absolute atomic E-state index is 0.0255. The molecule has 0 atom stereocenters. The number of hydrogen-bond donors (Lipinski definition) is 1. The van der Waals surface area contributed by atoms with Crippen molar-refractivity contribution in [2.45, 2.75) is 39.7 Å². The van der Waals surface area contributed by atoms with Gasteiger partial charge in [-0.05, 0) is 43.4 Å². The van der Waals surface area contributed by atoms with Crippen LogP contribution in [-0.2, 0) is 32.0 Å². The molecule has 1 fully saturated rings. The Kier molecular flexibility index (Phi) is 10.9. The summed E-state index contributed by atoms with van der Waals surface area (Å²) >= 11 is 0. The first-order valence-electron chi connectivity index (χ1n) is 10.8. The van der Waals surface area contributed by atoms with Crippen LogP contribution in [-0.4, -0.2) is 75.2 Å². The number of Topliss-reactive ketones (excluding diaryl/α,β-unsaturated/α-hetero) is 1. The van der Waals surface area contributed by atoms with Gasteiger partial charge in [0.1, 0.15) is 18.6 Å². The fraction of sp³-hybridized carbons (Fsp3) is 0.583. The number of carbonyl (C=O) groups excluding carboxylic acids is 2. The summed E-state index contributed by atoms with van der Waals surface area (Å²) in [4.78, 5) is 24.7. The number of ether oxygens (including phenoxy) is 3. The molecule has 0 radical (unpaired) electrons. The number of aldehydes is 1. The van der Waals surface area contributed by atoms with Crippen LogP contribution in [0.1, 0.15) is 46.8 Å². The van der Waals surface area contributed by atoms with Gasteiger partial charge < -0.3 is 24.1 Å². The molecule has 0 spiro atoms. The molecule has 0 aromatic heterocycles. The number of ketones is 1. The number of methoxy groups -OCH3 is 1. The first kappa shape index (κ1) is 25.2. The lowest BCUT2D eigenvalue weighted by Crippen LogP contribution is -2.38. The minimum Gasteiger partial charge on any atom is -0.507 e. The van der Waals surface area contributed by atoms with Gasteiger partial charge in [-0.25, -0.2) is 0 Å². The molecule has 7 nitrogen and oxygen atoms in total. The molecule has 3 rings (SSSR count). The normalized spacial score (nSPS) is 17.0. The number of aryl methyl sites for hydroxylation is 1. The lowest BCUT2D eigenvalue weighted by molar-refractivity contribution is -0.107. The van der Waals surface area contributed by atoms with Gasteiger partial charge in [-0.15, -0.1) is 0 Å².